The molecule has 13 heavy (non-hydrogen) atoms. The summed E-state index contributed by atoms with van der Waals surface area (Å²) in [5.74, 6) is 0. The monoisotopic (exact) mass is 178 g/mol. The summed E-state index contributed by atoms with van der Waals surface area (Å²) in [6, 6.07) is 5.79. The number of aryl methyl sites for hydroxylation is 1. The Bertz CT molecular complexity index is 284. The Morgan fingerprint density at radius 3 is 3.08 bits per heavy atom. The van der Waals surface area contributed by atoms with Gasteiger partial charge in [0.25, 0.3) is 0 Å². The molecule has 0 saturated carbocycles. The lowest BCUT2D eigenvalue weighted by molar-refractivity contribution is 0.146. The lowest BCUT2D eigenvalue weighted by Gasteiger charge is -1.95. The molecule has 3 heteroatoms. The van der Waals surface area contributed by atoms with Gasteiger partial charge < -0.3 is 4.84 Å². The Morgan fingerprint density at radius 1 is 1.54 bits per heavy atom. The fraction of sp³-hybridized carbons (Fsp3) is 0.400. The Hall–Kier alpha value is -1.38. The maximum absolute atomic E-state index is 4.96. The van der Waals surface area contributed by atoms with Crippen LogP contribution in [-0.4, -0.2) is 17.8 Å². The highest BCUT2D eigenvalue weighted by Gasteiger charge is 1.89. The molecular weight excluding hydrogens is 164 g/mol. The van der Waals surface area contributed by atoms with Gasteiger partial charge in [-0.05, 0) is 25.5 Å². The number of hydrogen-bond acceptors (Lipinski definition) is 3. The summed E-state index contributed by atoms with van der Waals surface area (Å²) in [5, 5.41) is 3.78. The third-order valence-electron chi connectivity index (χ3n) is 1.46. The molecule has 1 heterocycles. The van der Waals surface area contributed by atoms with E-state index in [0.717, 1.165) is 17.8 Å². The second kappa shape index (κ2) is 5.30. The van der Waals surface area contributed by atoms with Gasteiger partial charge in [-0.3, -0.25) is 4.98 Å². The van der Waals surface area contributed by atoms with Crippen LogP contribution in [0, 0.1) is 6.92 Å². The van der Waals surface area contributed by atoms with Gasteiger partial charge in [-0.2, -0.15) is 0 Å². The highest BCUT2D eigenvalue weighted by molar-refractivity contribution is 5.76. The molecule has 1 aromatic heterocycles. The van der Waals surface area contributed by atoms with E-state index in [1.165, 1.54) is 0 Å². The molecule has 0 fully saturated rings. The minimum absolute atomic E-state index is 0.655. The summed E-state index contributed by atoms with van der Waals surface area (Å²) in [7, 11) is 0. The Labute approximate surface area is 78.4 Å². The molecule has 0 aliphatic heterocycles. The first-order valence-corrected chi connectivity index (χ1v) is 4.42. The Kier molecular flexibility index (Phi) is 3.96. The summed E-state index contributed by atoms with van der Waals surface area (Å²) in [6.45, 7) is 4.65. The van der Waals surface area contributed by atoms with Gasteiger partial charge in [0.05, 0.1) is 11.9 Å². The van der Waals surface area contributed by atoms with Crippen molar-refractivity contribution < 1.29 is 4.84 Å². The van der Waals surface area contributed by atoms with E-state index in [-0.39, 0.29) is 0 Å². The number of hydrogen-bond donors (Lipinski definition) is 0. The molecule has 1 rings (SSSR count). The van der Waals surface area contributed by atoms with E-state index in [1.54, 1.807) is 6.21 Å². The van der Waals surface area contributed by atoms with Crippen molar-refractivity contribution in [1.82, 2.24) is 4.98 Å². The van der Waals surface area contributed by atoms with Crippen LogP contribution in [0.15, 0.2) is 23.4 Å². The van der Waals surface area contributed by atoms with E-state index >= 15 is 0 Å². The van der Waals surface area contributed by atoms with Crippen molar-refractivity contribution in [2.75, 3.05) is 6.61 Å². The first-order valence-electron chi connectivity index (χ1n) is 4.42. The zero-order chi connectivity index (χ0) is 9.52. The van der Waals surface area contributed by atoms with Gasteiger partial charge in [-0.1, -0.05) is 18.1 Å². The van der Waals surface area contributed by atoms with Gasteiger partial charge in [-0.25, -0.2) is 0 Å². The summed E-state index contributed by atoms with van der Waals surface area (Å²) >= 11 is 0. The highest BCUT2D eigenvalue weighted by Crippen LogP contribution is 1.95. The standard InChI is InChI=1S/C10H14N2O/c1-3-7-13-11-8-10-6-4-5-9(2)12-10/h4-6,8H,3,7H2,1-2H3. The molecule has 0 unspecified atom stereocenters. The number of nitrogens with zero attached hydrogens (tertiary/aromatic N) is 2. The summed E-state index contributed by atoms with van der Waals surface area (Å²) < 4.78 is 0. The Balaban J connectivity index is 2.48. The molecule has 0 spiro atoms. The molecule has 70 valence electrons. The molecule has 0 atom stereocenters. The molecule has 0 radical (unpaired) electrons. The molecular formula is C10H14N2O. The van der Waals surface area contributed by atoms with E-state index in [2.05, 4.69) is 10.1 Å². The number of rotatable bonds is 4. The maximum Gasteiger partial charge on any atom is 0.116 e. The topological polar surface area (TPSA) is 34.5 Å². The van der Waals surface area contributed by atoms with Gasteiger partial charge in [0.2, 0.25) is 0 Å². The predicted octanol–water partition coefficient (Wildman–Crippen LogP) is 2.15. The SMILES string of the molecule is CCCON=Cc1cccc(C)n1. The maximum atomic E-state index is 4.96. The van der Waals surface area contributed by atoms with Gasteiger partial charge in [-0.15, -0.1) is 0 Å². The van der Waals surface area contributed by atoms with Crippen LogP contribution < -0.4 is 0 Å². The van der Waals surface area contributed by atoms with Gasteiger partial charge in [0.1, 0.15) is 6.61 Å². The van der Waals surface area contributed by atoms with Crippen molar-refractivity contribution >= 4 is 6.21 Å². The smallest absolute Gasteiger partial charge is 0.116 e. The lowest BCUT2D eigenvalue weighted by Crippen LogP contribution is -1.91. The number of aromatic nitrogens is 1. The van der Waals surface area contributed by atoms with Gasteiger partial charge >= 0.3 is 0 Å². The highest BCUT2D eigenvalue weighted by atomic mass is 16.6. The van der Waals surface area contributed by atoms with Crippen LogP contribution in [0.1, 0.15) is 24.7 Å². The number of oxime groups is 1. The normalized spacial score (nSPS) is 10.6. The summed E-state index contributed by atoms with van der Waals surface area (Å²) in [5.41, 5.74) is 1.82. The quantitative estimate of drug-likeness (QED) is 0.402. The van der Waals surface area contributed by atoms with Gasteiger partial charge in [0, 0.05) is 5.69 Å². The van der Waals surface area contributed by atoms with Crippen molar-refractivity contribution in [2.24, 2.45) is 5.16 Å². The van der Waals surface area contributed by atoms with E-state index < -0.39 is 0 Å². The summed E-state index contributed by atoms with van der Waals surface area (Å²) in [6.07, 6.45) is 2.60. The lowest BCUT2D eigenvalue weighted by atomic mass is 10.3. The summed E-state index contributed by atoms with van der Waals surface area (Å²) in [4.78, 5) is 9.20. The van der Waals surface area contributed by atoms with E-state index in [1.807, 2.05) is 32.0 Å². The molecule has 1 aromatic rings. The minimum Gasteiger partial charge on any atom is -0.396 e. The van der Waals surface area contributed by atoms with E-state index in [9.17, 15) is 0 Å². The minimum atomic E-state index is 0.655. The van der Waals surface area contributed by atoms with Crippen LogP contribution in [-0.2, 0) is 4.84 Å². The molecule has 0 aliphatic rings. The molecule has 0 aliphatic carbocycles. The van der Waals surface area contributed by atoms with E-state index in [0.29, 0.717) is 6.61 Å². The van der Waals surface area contributed by atoms with Crippen molar-refractivity contribution in [3.63, 3.8) is 0 Å². The van der Waals surface area contributed by atoms with Crippen LogP contribution in [0.3, 0.4) is 0 Å². The van der Waals surface area contributed by atoms with Crippen LogP contribution >= 0.6 is 0 Å². The molecule has 0 aromatic carbocycles. The second-order valence-electron chi connectivity index (χ2n) is 2.77. The number of pyridine rings is 1. The van der Waals surface area contributed by atoms with Crippen molar-refractivity contribution in [3.05, 3.63) is 29.6 Å². The predicted molar refractivity (Wildman–Crippen MR) is 52.8 cm³/mol. The molecule has 0 amide bonds. The Morgan fingerprint density at radius 2 is 2.38 bits per heavy atom. The second-order valence-corrected chi connectivity index (χ2v) is 2.77. The fourth-order valence-electron chi connectivity index (χ4n) is 0.871. The third-order valence-corrected chi connectivity index (χ3v) is 1.46. The van der Waals surface area contributed by atoms with E-state index in [4.69, 9.17) is 4.84 Å². The largest absolute Gasteiger partial charge is 0.396 e. The molecule has 3 nitrogen and oxygen atoms in total. The van der Waals surface area contributed by atoms with Crippen LogP contribution in [0.25, 0.3) is 0 Å². The van der Waals surface area contributed by atoms with Crippen LogP contribution in [0.5, 0.6) is 0 Å². The fourth-order valence-corrected chi connectivity index (χ4v) is 0.871. The van der Waals surface area contributed by atoms with Crippen molar-refractivity contribution in [2.45, 2.75) is 20.3 Å². The molecule has 0 N–H and O–H groups in total. The first kappa shape index (κ1) is 9.71. The van der Waals surface area contributed by atoms with Crippen LogP contribution in [0.4, 0.5) is 0 Å². The third kappa shape index (κ3) is 3.69. The zero-order valence-corrected chi connectivity index (χ0v) is 8.03. The first-order chi connectivity index (χ1) is 6.33. The zero-order valence-electron chi connectivity index (χ0n) is 8.03. The van der Waals surface area contributed by atoms with Gasteiger partial charge in [0.15, 0.2) is 0 Å². The van der Waals surface area contributed by atoms with Crippen molar-refractivity contribution in [3.8, 4) is 0 Å². The average Bonchev–Trinajstić information content (AvgIpc) is 2.13. The molecule has 0 bridgehead atoms. The van der Waals surface area contributed by atoms with Crippen LogP contribution in [0.2, 0.25) is 0 Å². The van der Waals surface area contributed by atoms with Crippen molar-refractivity contribution in [1.29, 1.82) is 0 Å². The average molecular weight is 178 g/mol. The molecule has 0 saturated heterocycles.